The molecule has 0 aliphatic carbocycles. The van der Waals surface area contributed by atoms with E-state index in [-0.39, 0.29) is 32.2 Å². The van der Waals surface area contributed by atoms with Gasteiger partial charge >= 0.3 is 0 Å². The van der Waals surface area contributed by atoms with Crippen LogP contribution in [-0.4, -0.2) is 15.0 Å². The van der Waals surface area contributed by atoms with Crippen molar-refractivity contribution in [1.82, 2.24) is 0 Å². The number of phenols is 1. The summed E-state index contributed by atoms with van der Waals surface area (Å²) in [5.74, 6) is 0.0610. The van der Waals surface area contributed by atoms with E-state index in [1.807, 2.05) is 0 Å². The molecule has 0 radical (unpaired) electrons. The second-order valence-corrected chi connectivity index (χ2v) is 7.86. The molecule has 0 aliphatic rings. The predicted octanol–water partition coefficient (Wildman–Crippen LogP) is 6.59. The molecule has 3 aromatic rings. The van der Waals surface area contributed by atoms with Crippen LogP contribution in [-0.2, 0) is 0 Å². The van der Waals surface area contributed by atoms with Crippen molar-refractivity contribution in [3.63, 3.8) is 0 Å². The molecule has 0 bridgehead atoms. The van der Waals surface area contributed by atoms with E-state index < -0.39 is 9.85 Å². The third-order valence-corrected chi connectivity index (χ3v) is 5.75. The lowest BCUT2D eigenvalue weighted by Crippen LogP contribution is -1.89. The lowest BCUT2D eigenvalue weighted by atomic mass is 10.3. The summed E-state index contributed by atoms with van der Waals surface area (Å²) in [6.07, 6.45) is 0. The van der Waals surface area contributed by atoms with Crippen LogP contribution in [0.15, 0.2) is 64.4 Å². The van der Waals surface area contributed by atoms with Crippen molar-refractivity contribution in [2.24, 2.45) is 0 Å². The Hall–Kier alpha value is -2.72. The average molecular weight is 489 g/mol. The molecule has 0 saturated carbocycles. The zero-order chi connectivity index (χ0) is 22.4. The molecular formula is C18H12Cl3N3O5S. The highest BCUT2D eigenvalue weighted by atomic mass is 35.5. The summed E-state index contributed by atoms with van der Waals surface area (Å²) in [6.45, 7) is 0. The Morgan fingerprint density at radius 1 is 0.767 bits per heavy atom. The van der Waals surface area contributed by atoms with Crippen molar-refractivity contribution < 1.29 is 15.0 Å². The van der Waals surface area contributed by atoms with Gasteiger partial charge in [0, 0.05) is 39.7 Å². The Bertz CT molecular complexity index is 1050. The van der Waals surface area contributed by atoms with Gasteiger partial charge in [-0.05, 0) is 30.3 Å². The minimum absolute atomic E-state index is 0.0610. The van der Waals surface area contributed by atoms with Gasteiger partial charge in [0.1, 0.15) is 5.75 Å². The number of nitrogens with two attached hydrogens (primary N) is 1. The first-order valence-corrected chi connectivity index (χ1v) is 9.83. The standard InChI is InChI=1S/C12H6Cl2N2O4S.C6H6ClNO/c13-9-5-7(15(17)18)1-3-11(9)21-12-4-2-8(16(19)20)6-10(12)14;7-5-3-4(8)1-2-6(5)9/h1-6H;1-3,9H,8H2. The highest BCUT2D eigenvalue weighted by Crippen LogP contribution is 2.39. The average Bonchev–Trinajstić information content (AvgIpc) is 2.68. The molecule has 0 spiro atoms. The van der Waals surface area contributed by atoms with Crippen LogP contribution in [0, 0.1) is 20.2 Å². The van der Waals surface area contributed by atoms with Gasteiger partial charge < -0.3 is 10.8 Å². The molecule has 156 valence electrons. The Morgan fingerprint density at radius 3 is 1.57 bits per heavy atom. The Labute approximate surface area is 189 Å². The van der Waals surface area contributed by atoms with Crippen LogP contribution in [0.2, 0.25) is 15.1 Å². The Kier molecular flexibility index (Phi) is 8.13. The van der Waals surface area contributed by atoms with E-state index >= 15 is 0 Å². The van der Waals surface area contributed by atoms with Crippen molar-refractivity contribution in [1.29, 1.82) is 0 Å². The minimum atomic E-state index is -0.542. The SMILES string of the molecule is Nc1ccc(O)c(Cl)c1.O=[N+]([O-])c1ccc(Sc2ccc([N+](=O)[O-])cc2Cl)c(Cl)c1. The molecule has 0 fully saturated rings. The third-order valence-electron chi connectivity index (χ3n) is 3.44. The second-order valence-electron chi connectivity index (χ2n) is 5.56. The molecule has 0 aliphatic heterocycles. The van der Waals surface area contributed by atoms with Crippen LogP contribution in [0.3, 0.4) is 0 Å². The molecule has 0 aromatic heterocycles. The maximum atomic E-state index is 10.6. The number of nitro benzene ring substituents is 2. The van der Waals surface area contributed by atoms with Crippen LogP contribution in [0.1, 0.15) is 0 Å². The zero-order valence-electron chi connectivity index (χ0n) is 14.8. The maximum Gasteiger partial charge on any atom is 0.270 e. The van der Waals surface area contributed by atoms with Crippen LogP contribution in [0.5, 0.6) is 5.75 Å². The number of halogens is 3. The number of rotatable bonds is 4. The van der Waals surface area contributed by atoms with E-state index in [9.17, 15) is 20.2 Å². The number of non-ortho nitro benzene ring substituents is 2. The van der Waals surface area contributed by atoms with Gasteiger partial charge in [-0.25, -0.2) is 0 Å². The predicted molar refractivity (Wildman–Crippen MR) is 118 cm³/mol. The second kappa shape index (κ2) is 10.4. The molecule has 0 amide bonds. The molecular weight excluding hydrogens is 477 g/mol. The summed E-state index contributed by atoms with van der Waals surface area (Å²) < 4.78 is 0. The Morgan fingerprint density at radius 2 is 1.23 bits per heavy atom. The molecule has 3 N–H and O–H groups in total. The molecule has 3 aromatic carbocycles. The van der Waals surface area contributed by atoms with E-state index in [1.165, 1.54) is 60.3 Å². The van der Waals surface area contributed by atoms with Crippen LogP contribution >= 0.6 is 46.6 Å². The van der Waals surface area contributed by atoms with Crippen molar-refractivity contribution in [2.45, 2.75) is 9.79 Å². The van der Waals surface area contributed by atoms with Gasteiger partial charge in [-0.2, -0.15) is 0 Å². The van der Waals surface area contributed by atoms with Gasteiger partial charge in [0.2, 0.25) is 0 Å². The first-order valence-electron chi connectivity index (χ1n) is 7.88. The number of benzene rings is 3. The summed E-state index contributed by atoms with van der Waals surface area (Å²) >= 11 is 18.6. The maximum absolute atomic E-state index is 10.6. The van der Waals surface area contributed by atoms with E-state index in [2.05, 4.69) is 0 Å². The van der Waals surface area contributed by atoms with Gasteiger partial charge in [-0.3, -0.25) is 20.2 Å². The zero-order valence-corrected chi connectivity index (χ0v) is 17.9. The van der Waals surface area contributed by atoms with Crippen molar-refractivity contribution in [3.8, 4) is 5.75 Å². The molecule has 0 unspecified atom stereocenters. The summed E-state index contributed by atoms with van der Waals surface area (Å²) in [4.78, 5) is 21.3. The molecule has 3 rings (SSSR count). The third kappa shape index (κ3) is 6.39. The summed E-state index contributed by atoms with van der Waals surface area (Å²) in [5.41, 5.74) is 5.66. The number of aromatic hydroxyl groups is 1. The Balaban J connectivity index is 0.000000297. The number of nitrogens with zero attached hydrogens (tertiary/aromatic N) is 2. The lowest BCUT2D eigenvalue weighted by molar-refractivity contribution is -0.385. The quantitative estimate of drug-likeness (QED) is 0.183. The van der Waals surface area contributed by atoms with Gasteiger partial charge in [0.05, 0.1) is 24.9 Å². The van der Waals surface area contributed by atoms with Gasteiger partial charge in [0.15, 0.2) is 0 Å². The summed E-state index contributed by atoms with van der Waals surface area (Å²) in [7, 11) is 0. The largest absolute Gasteiger partial charge is 0.506 e. The fourth-order valence-corrected chi connectivity index (χ4v) is 3.61. The molecule has 0 saturated heterocycles. The van der Waals surface area contributed by atoms with Crippen LogP contribution in [0.25, 0.3) is 0 Å². The van der Waals surface area contributed by atoms with Gasteiger partial charge in [0.25, 0.3) is 11.4 Å². The van der Waals surface area contributed by atoms with E-state index in [0.717, 1.165) is 0 Å². The molecule has 30 heavy (non-hydrogen) atoms. The minimum Gasteiger partial charge on any atom is -0.506 e. The fourth-order valence-electron chi connectivity index (χ4n) is 2.01. The number of nitrogen functional groups attached to an aromatic ring is 1. The number of hydrogen-bond donors (Lipinski definition) is 2. The topological polar surface area (TPSA) is 133 Å². The normalized spacial score (nSPS) is 10.1. The highest BCUT2D eigenvalue weighted by Gasteiger charge is 2.14. The van der Waals surface area contributed by atoms with Crippen LogP contribution in [0.4, 0.5) is 17.1 Å². The van der Waals surface area contributed by atoms with E-state index in [0.29, 0.717) is 15.5 Å². The van der Waals surface area contributed by atoms with Crippen molar-refractivity contribution >= 4 is 63.6 Å². The van der Waals surface area contributed by atoms with E-state index in [4.69, 9.17) is 45.6 Å². The molecule has 8 nitrogen and oxygen atoms in total. The van der Waals surface area contributed by atoms with Crippen molar-refractivity contribution in [3.05, 3.63) is 89.9 Å². The number of phenolic OH excluding ortho intramolecular Hbond substituents is 1. The highest BCUT2D eigenvalue weighted by molar-refractivity contribution is 7.99. The molecule has 12 heteroatoms. The first-order chi connectivity index (χ1) is 14.1. The van der Waals surface area contributed by atoms with Crippen molar-refractivity contribution in [2.75, 3.05) is 5.73 Å². The summed E-state index contributed by atoms with van der Waals surface area (Å²) in [6, 6.07) is 12.7. The number of nitro groups is 2. The smallest absolute Gasteiger partial charge is 0.270 e. The summed E-state index contributed by atoms with van der Waals surface area (Å²) in [5, 5.41) is 30.8. The number of anilines is 1. The van der Waals surface area contributed by atoms with Gasteiger partial charge in [-0.1, -0.05) is 46.6 Å². The van der Waals surface area contributed by atoms with E-state index in [1.54, 1.807) is 6.07 Å². The first kappa shape index (κ1) is 23.6. The number of hydrogen-bond acceptors (Lipinski definition) is 7. The van der Waals surface area contributed by atoms with Gasteiger partial charge in [-0.15, -0.1) is 0 Å². The molecule has 0 atom stereocenters. The van der Waals surface area contributed by atoms with Crippen LogP contribution < -0.4 is 5.73 Å². The molecule has 0 heterocycles. The fraction of sp³-hybridized carbons (Fsp3) is 0. The monoisotopic (exact) mass is 487 g/mol. The lowest BCUT2D eigenvalue weighted by Gasteiger charge is -2.06.